The van der Waals surface area contributed by atoms with Gasteiger partial charge in [0, 0.05) is 11.0 Å². The molecule has 0 amide bonds. The molecule has 4 nitrogen and oxygen atoms in total. The molecule has 5 heteroatoms. The number of hydrogen-bond acceptors (Lipinski definition) is 4. The predicted molar refractivity (Wildman–Crippen MR) is 76.1 cm³/mol. The summed E-state index contributed by atoms with van der Waals surface area (Å²) in [6.07, 6.45) is 1.90. The standard InChI is InChI=1S/C14H18BrNO3/c1-18-11-5-6-12(15)10(8-11)9-16-7-3-4-13(16)14(17)19-2/h5-6,8,13H,3-4,7,9H2,1-2H3. The maximum atomic E-state index is 11.7. The highest BCUT2D eigenvalue weighted by Crippen LogP contribution is 2.27. The molecule has 2 rings (SSSR count). The molecular weight excluding hydrogens is 310 g/mol. The van der Waals surface area contributed by atoms with Crippen LogP contribution in [0.4, 0.5) is 0 Å². The Kier molecular flexibility index (Phi) is 4.82. The first-order valence-electron chi connectivity index (χ1n) is 6.30. The lowest BCUT2D eigenvalue weighted by atomic mass is 10.1. The molecule has 0 saturated carbocycles. The zero-order valence-corrected chi connectivity index (χ0v) is 12.8. The highest BCUT2D eigenvalue weighted by Gasteiger charge is 2.31. The molecular formula is C14H18BrNO3. The monoisotopic (exact) mass is 327 g/mol. The first-order chi connectivity index (χ1) is 9.15. The van der Waals surface area contributed by atoms with Crippen LogP contribution in [-0.2, 0) is 16.1 Å². The predicted octanol–water partition coefficient (Wildman–Crippen LogP) is 2.60. The SMILES string of the molecule is COC(=O)C1CCCN1Cc1cc(OC)ccc1Br. The lowest BCUT2D eigenvalue weighted by Crippen LogP contribution is -2.36. The number of rotatable bonds is 4. The summed E-state index contributed by atoms with van der Waals surface area (Å²) >= 11 is 3.54. The summed E-state index contributed by atoms with van der Waals surface area (Å²) in [5.74, 6) is 0.684. The molecule has 0 bridgehead atoms. The van der Waals surface area contributed by atoms with Gasteiger partial charge >= 0.3 is 5.97 Å². The van der Waals surface area contributed by atoms with Gasteiger partial charge < -0.3 is 9.47 Å². The van der Waals surface area contributed by atoms with Crippen molar-refractivity contribution in [2.75, 3.05) is 20.8 Å². The van der Waals surface area contributed by atoms with E-state index >= 15 is 0 Å². The Hall–Kier alpha value is -1.07. The van der Waals surface area contributed by atoms with Crippen LogP contribution in [0.2, 0.25) is 0 Å². The quantitative estimate of drug-likeness (QED) is 0.797. The van der Waals surface area contributed by atoms with Crippen LogP contribution in [0, 0.1) is 0 Å². The third-order valence-corrected chi connectivity index (χ3v) is 4.24. The average Bonchev–Trinajstić information content (AvgIpc) is 2.88. The van der Waals surface area contributed by atoms with Gasteiger partial charge in [0.1, 0.15) is 11.8 Å². The first kappa shape index (κ1) is 14.3. The zero-order chi connectivity index (χ0) is 13.8. The summed E-state index contributed by atoms with van der Waals surface area (Å²) in [5.41, 5.74) is 1.12. The molecule has 1 aromatic rings. The van der Waals surface area contributed by atoms with Crippen LogP contribution < -0.4 is 4.74 Å². The molecule has 1 fully saturated rings. The molecule has 1 aliphatic heterocycles. The van der Waals surface area contributed by atoms with Crippen LogP contribution in [0.5, 0.6) is 5.75 Å². The number of benzene rings is 1. The van der Waals surface area contributed by atoms with Crippen molar-refractivity contribution >= 4 is 21.9 Å². The number of ether oxygens (including phenoxy) is 2. The van der Waals surface area contributed by atoms with Crippen LogP contribution in [-0.4, -0.2) is 37.7 Å². The Labute approximate surface area is 121 Å². The topological polar surface area (TPSA) is 38.8 Å². The fourth-order valence-corrected chi connectivity index (χ4v) is 2.81. The van der Waals surface area contributed by atoms with Crippen LogP contribution in [0.25, 0.3) is 0 Å². The van der Waals surface area contributed by atoms with E-state index < -0.39 is 0 Å². The van der Waals surface area contributed by atoms with Gasteiger partial charge in [-0.05, 0) is 43.1 Å². The van der Waals surface area contributed by atoms with Crippen LogP contribution in [0.15, 0.2) is 22.7 Å². The highest BCUT2D eigenvalue weighted by atomic mass is 79.9. The maximum absolute atomic E-state index is 11.7. The van der Waals surface area contributed by atoms with Gasteiger partial charge in [0.15, 0.2) is 0 Å². The van der Waals surface area contributed by atoms with Crippen molar-refractivity contribution in [1.82, 2.24) is 4.90 Å². The third-order valence-electron chi connectivity index (χ3n) is 3.46. The molecule has 1 heterocycles. The average molecular weight is 328 g/mol. The van der Waals surface area contributed by atoms with Gasteiger partial charge in [-0.25, -0.2) is 0 Å². The summed E-state index contributed by atoms with van der Waals surface area (Å²) < 4.78 is 11.1. The molecule has 0 spiro atoms. The van der Waals surface area contributed by atoms with E-state index in [1.54, 1.807) is 7.11 Å². The Morgan fingerprint density at radius 2 is 2.26 bits per heavy atom. The van der Waals surface area contributed by atoms with E-state index in [1.165, 1.54) is 7.11 Å². The van der Waals surface area contributed by atoms with Crippen LogP contribution in [0.3, 0.4) is 0 Å². The Balaban J connectivity index is 2.14. The van der Waals surface area contributed by atoms with Gasteiger partial charge in [0.2, 0.25) is 0 Å². The van der Waals surface area contributed by atoms with Crippen molar-refractivity contribution in [1.29, 1.82) is 0 Å². The van der Waals surface area contributed by atoms with Gasteiger partial charge in [-0.2, -0.15) is 0 Å². The van der Waals surface area contributed by atoms with E-state index in [4.69, 9.17) is 9.47 Å². The van der Waals surface area contributed by atoms with Crippen molar-refractivity contribution < 1.29 is 14.3 Å². The Morgan fingerprint density at radius 3 is 2.95 bits per heavy atom. The molecule has 0 aliphatic carbocycles. The van der Waals surface area contributed by atoms with Crippen LogP contribution in [0.1, 0.15) is 18.4 Å². The van der Waals surface area contributed by atoms with E-state index in [1.807, 2.05) is 18.2 Å². The smallest absolute Gasteiger partial charge is 0.323 e. The van der Waals surface area contributed by atoms with Crippen LogP contribution >= 0.6 is 15.9 Å². The number of carbonyl (C=O) groups is 1. The van der Waals surface area contributed by atoms with Crippen molar-refractivity contribution in [3.05, 3.63) is 28.2 Å². The molecule has 104 valence electrons. The second kappa shape index (κ2) is 6.39. The number of halogens is 1. The van der Waals surface area contributed by atoms with Crippen molar-refractivity contribution in [3.8, 4) is 5.75 Å². The minimum absolute atomic E-state index is 0.122. The van der Waals surface area contributed by atoms with E-state index in [-0.39, 0.29) is 12.0 Å². The number of nitrogens with zero attached hydrogens (tertiary/aromatic N) is 1. The largest absolute Gasteiger partial charge is 0.497 e. The van der Waals surface area contributed by atoms with Crippen molar-refractivity contribution in [2.45, 2.75) is 25.4 Å². The van der Waals surface area contributed by atoms with Crippen molar-refractivity contribution in [3.63, 3.8) is 0 Å². The van der Waals surface area contributed by atoms with E-state index in [2.05, 4.69) is 20.8 Å². The second-order valence-corrected chi connectivity index (χ2v) is 5.46. The second-order valence-electron chi connectivity index (χ2n) is 4.61. The summed E-state index contributed by atoms with van der Waals surface area (Å²) in [6, 6.07) is 5.76. The number of esters is 1. The van der Waals surface area contributed by atoms with E-state index in [9.17, 15) is 4.79 Å². The normalized spacial score (nSPS) is 19.4. The third kappa shape index (κ3) is 3.28. The fourth-order valence-electron chi connectivity index (χ4n) is 2.44. The van der Waals surface area contributed by atoms with Gasteiger partial charge in [0.05, 0.1) is 14.2 Å². The number of hydrogen-bond donors (Lipinski definition) is 0. The molecule has 19 heavy (non-hydrogen) atoms. The molecule has 1 unspecified atom stereocenters. The molecule has 1 saturated heterocycles. The fraction of sp³-hybridized carbons (Fsp3) is 0.500. The Bertz CT molecular complexity index is 464. The first-order valence-corrected chi connectivity index (χ1v) is 7.09. The summed E-state index contributed by atoms with van der Waals surface area (Å²) in [6.45, 7) is 1.64. The molecule has 1 aromatic carbocycles. The summed E-state index contributed by atoms with van der Waals surface area (Å²) in [5, 5.41) is 0. The molecule has 1 atom stereocenters. The maximum Gasteiger partial charge on any atom is 0.323 e. The number of methoxy groups -OCH3 is 2. The van der Waals surface area contributed by atoms with E-state index in [0.29, 0.717) is 0 Å². The zero-order valence-electron chi connectivity index (χ0n) is 11.2. The van der Waals surface area contributed by atoms with Crippen molar-refractivity contribution in [2.24, 2.45) is 0 Å². The Morgan fingerprint density at radius 1 is 1.47 bits per heavy atom. The highest BCUT2D eigenvalue weighted by molar-refractivity contribution is 9.10. The molecule has 1 aliphatic rings. The number of carbonyl (C=O) groups excluding carboxylic acids is 1. The van der Waals surface area contributed by atoms with Gasteiger partial charge in [0.25, 0.3) is 0 Å². The lowest BCUT2D eigenvalue weighted by molar-refractivity contribution is -0.146. The van der Waals surface area contributed by atoms with Gasteiger partial charge in [-0.3, -0.25) is 9.69 Å². The van der Waals surface area contributed by atoms with E-state index in [0.717, 1.165) is 41.7 Å². The van der Waals surface area contributed by atoms with Gasteiger partial charge in [-0.15, -0.1) is 0 Å². The molecule has 0 N–H and O–H groups in total. The minimum Gasteiger partial charge on any atom is -0.497 e. The number of likely N-dealkylation sites (tertiary alicyclic amines) is 1. The summed E-state index contributed by atoms with van der Waals surface area (Å²) in [4.78, 5) is 13.9. The lowest BCUT2D eigenvalue weighted by Gasteiger charge is -2.23. The van der Waals surface area contributed by atoms with Gasteiger partial charge in [-0.1, -0.05) is 15.9 Å². The minimum atomic E-state index is -0.142. The molecule has 0 radical (unpaired) electrons. The molecule has 0 aromatic heterocycles. The summed E-state index contributed by atoms with van der Waals surface area (Å²) in [7, 11) is 3.10.